The Balaban J connectivity index is 2.18. The third-order valence-corrected chi connectivity index (χ3v) is 2.78. The van der Waals surface area contributed by atoms with Crippen LogP contribution in [-0.4, -0.2) is 18.1 Å². The average molecular weight is 176 g/mol. The van der Waals surface area contributed by atoms with Gasteiger partial charge in [-0.25, -0.2) is 0 Å². The van der Waals surface area contributed by atoms with E-state index in [0.29, 0.717) is 5.92 Å². The van der Waals surface area contributed by atoms with Gasteiger partial charge in [0.2, 0.25) is 0 Å². The molecule has 2 heterocycles. The molecular weight excluding hydrogens is 160 g/mol. The predicted molar refractivity (Wildman–Crippen MR) is 53.8 cm³/mol. The summed E-state index contributed by atoms with van der Waals surface area (Å²) in [6, 6.07) is 4.17. The molecule has 2 heteroatoms. The summed E-state index contributed by atoms with van der Waals surface area (Å²) in [6.07, 6.45) is 4.38. The number of hydrogen-bond donors (Lipinski definition) is 1. The van der Waals surface area contributed by atoms with Crippen LogP contribution in [-0.2, 0) is 0 Å². The van der Waals surface area contributed by atoms with Crippen LogP contribution in [0.25, 0.3) is 0 Å². The molecule has 70 valence electrons. The second kappa shape index (κ2) is 3.88. The van der Waals surface area contributed by atoms with E-state index in [1.807, 2.05) is 12.3 Å². The lowest BCUT2D eigenvalue weighted by Gasteiger charge is -2.23. The van der Waals surface area contributed by atoms with Crippen LogP contribution in [0.4, 0.5) is 0 Å². The Bertz CT molecular complexity index is 277. The summed E-state index contributed by atoms with van der Waals surface area (Å²) >= 11 is 0. The van der Waals surface area contributed by atoms with Gasteiger partial charge in [0.25, 0.3) is 0 Å². The minimum atomic E-state index is 0.683. The van der Waals surface area contributed by atoms with Crippen molar-refractivity contribution in [3.05, 3.63) is 29.6 Å². The number of aromatic nitrogens is 1. The molecule has 2 nitrogen and oxygen atoms in total. The van der Waals surface area contributed by atoms with Crippen molar-refractivity contribution in [3.63, 3.8) is 0 Å². The number of nitrogens with zero attached hydrogens (tertiary/aromatic N) is 1. The number of piperidine rings is 1. The fourth-order valence-electron chi connectivity index (χ4n) is 2.02. The van der Waals surface area contributed by atoms with Gasteiger partial charge in [0.15, 0.2) is 0 Å². The summed E-state index contributed by atoms with van der Waals surface area (Å²) in [4.78, 5) is 4.47. The van der Waals surface area contributed by atoms with Gasteiger partial charge in [-0.3, -0.25) is 4.98 Å². The first kappa shape index (κ1) is 8.70. The molecule has 1 aromatic rings. The van der Waals surface area contributed by atoms with Crippen molar-refractivity contribution in [1.82, 2.24) is 10.3 Å². The maximum Gasteiger partial charge on any atom is 0.0464 e. The van der Waals surface area contributed by atoms with Crippen LogP contribution >= 0.6 is 0 Å². The molecule has 1 aliphatic rings. The lowest BCUT2D eigenvalue weighted by atomic mass is 9.92. The Morgan fingerprint density at radius 3 is 2.85 bits per heavy atom. The fraction of sp³-hybridized carbons (Fsp3) is 0.545. The molecule has 1 fully saturated rings. The molecule has 1 aromatic heterocycles. The molecule has 0 radical (unpaired) electrons. The largest absolute Gasteiger partial charge is 0.317 e. The summed E-state index contributed by atoms with van der Waals surface area (Å²) in [5, 5.41) is 3.38. The van der Waals surface area contributed by atoms with Gasteiger partial charge >= 0.3 is 0 Å². The smallest absolute Gasteiger partial charge is 0.0464 e. The van der Waals surface area contributed by atoms with Crippen molar-refractivity contribution in [2.45, 2.75) is 25.7 Å². The average Bonchev–Trinajstić information content (AvgIpc) is 2.20. The van der Waals surface area contributed by atoms with Gasteiger partial charge in [0.1, 0.15) is 0 Å². The number of pyridine rings is 1. The van der Waals surface area contributed by atoms with Crippen molar-refractivity contribution in [2.75, 3.05) is 13.1 Å². The van der Waals surface area contributed by atoms with E-state index in [4.69, 9.17) is 0 Å². The first-order valence-electron chi connectivity index (χ1n) is 5.00. The highest BCUT2D eigenvalue weighted by atomic mass is 14.9. The predicted octanol–water partition coefficient (Wildman–Crippen LogP) is 1.86. The zero-order valence-corrected chi connectivity index (χ0v) is 8.09. The van der Waals surface area contributed by atoms with Crippen molar-refractivity contribution in [3.8, 4) is 0 Å². The Morgan fingerprint density at radius 1 is 1.38 bits per heavy atom. The van der Waals surface area contributed by atoms with E-state index < -0.39 is 0 Å². The Labute approximate surface area is 79.4 Å². The zero-order chi connectivity index (χ0) is 9.10. The number of nitrogens with one attached hydrogen (secondary N) is 1. The maximum absolute atomic E-state index is 4.47. The van der Waals surface area contributed by atoms with E-state index >= 15 is 0 Å². The number of aryl methyl sites for hydroxylation is 1. The van der Waals surface area contributed by atoms with Crippen LogP contribution in [0.15, 0.2) is 18.3 Å². The van der Waals surface area contributed by atoms with Gasteiger partial charge in [-0.05, 0) is 44.5 Å². The second-order valence-electron chi connectivity index (χ2n) is 3.73. The van der Waals surface area contributed by atoms with E-state index in [1.165, 1.54) is 24.1 Å². The summed E-state index contributed by atoms with van der Waals surface area (Å²) in [5.74, 6) is 0.683. The summed E-state index contributed by atoms with van der Waals surface area (Å²) in [5.41, 5.74) is 2.65. The van der Waals surface area contributed by atoms with Crippen molar-refractivity contribution < 1.29 is 0 Å². The lowest BCUT2D eigenvalue weighted by Crippen LogP contribution is -2.27. The summed E-state index contributed by atoms with van der Waals surface area (Å²) < 4.78 is 0. The minimum Gasteiger partial charge on any atom is -0.317 e. The third kappa shape index (κ3) is 1.89. The van der Waals surface area contributed by atoms with E-state index in [2.05, 4.69) is 23.3 Å². The van der Waals surface area contributed by atoms with Gasteiger partial charge in [0, 0.05) is 17.8 Å². The quantitative estimate of drug-likeness (QED) is 0.706. The molecule has 2 rings (SSSR count). The Hall–Kier alpha value is -0.890. The molecule has 0 bridgehead atoms. The number of rotatable bonds is 1. The fourth-order valence-corrected chi connectivity index (χ4v) is 2.02. The van der Waals surface area contributed by atoms with Crippen LogP contribution < -0.4 is 5.32 Å². The third-order valence-electron chi connectivity index (χ3n) is 2.78. The van der Waals surface area contributed by atoms with E-state index in [0.717, 1.165) is 13.1 Å². The Kier molecular flexibility index (Phi) is 2.60. The van der Waals surface area contributed by atoms with E-state index in [9.17, 15) is 0 Å². The van der Waals surface area contributed by atoms with E-state index in [-0.39, 0.29) is 0 Å². The normalized spacial score (nSPS) is 18.8. The monoisotopic (exact) mass is 176 g/mol. The molecule has 0 spiro atoms. The van der Waals surface area contributed by atoms with Crippen molar-refractivity contribution in [2.24, 2.45) is 0 Å². The topological polar surface area (TPSA) is 24.9 Å². The maximum atomic E-state index is 4.47. The molecular formula is C11H16N2. The lowest BCUT2D eigenvalue weighted by molar-refractivity contribution is 0.452. The molecule has 0 aromatic carbocycles. The standard InChI is InChI=1S/C11H16N2/c1-9-3-2-6-13-11(9)10-4-7-12-8-5-10/h2-3,6,10,12H,4-5,7-8H2,1H3. The zero-order valence-electron chi connectivity index (χ0n) is 8.09. The van der Waals surface area contributed by atoms with Crippen LogP contribution in [0.1, 0.15) is 30.0 Å². The van der Waals surface area contributed by atoms with Gasteiger partial charge in [0.05, 0.1) is 0 Å². The van der Waals surface area contributed by atoms with Crippen LogP contribution in [0.2, 0.25) is 0 Å². The second-order valence-corrected chi connectivity index (χ2v) is 3.73. The SMILES string of the molecule is Cc1cccnc1C1CCNCC1. The minimum absolute atomic E-state index is 0.683. The van der Waals surface area contributed by atoms with Gasteiger partial charge in [-0.15, -0.1) is 0 Å². The molecule has 1 N–H and O–H groups in total. The molecule has 1 aliphatic heterocycles. The molecule has 0 aliphatic carbocycles. The molecule has 0 saturated carbocycles. The van der Waals surface area contributed by atoms with E-state index in [1.54, 1.807) is 0 Å². The molecule has 0 amide bonds. The van der Waals surface area contributed by atoms with Gasteiger partial charge in [-0.1, -0.05) is 6.07 Å². The van der Waals surface area contributed by atoms with Gasteiger partial charge in [-0.2, -0.15) is 0 Å². The highest BCUT2D eigenvalue weighted by Crippen LogP contribution is 2.25. The van der Waals surface area contributed by atoms with Crippen molar-refractivity contribution >= 4 is 0 Å². The highest BCUT2D eigenvalue weighted by Gasteiger charge is 2.17. The van der Waals surface area contributed by atoms with Crippen LogP contribution in [0.5, 0.6) is 0 Å². The van der Waals surface area contributed by atoms with Crippen LogP contribution in [0, 0.1) is 6.92 Å². The first-order chi connectivity index (χ1) is 6.38. The molecule has 13 heavy (non-hydrogen) atoms. The molecule has 1 saturated heterocycles. The summed E-state index contributed by atoms with van der Waals surface area (Å²) in [6.45, 7) is 4.44. The molecule has 0 unspecified atom stereocenters. The Morgan fingerprint density at radius 2 is 2.15 bits per heavy atom. The highest BCUT2D eigenvalue weighted by molar-refractivity contribution is 5.21. The summed E-state index contributed by atoms with van der Waals surface area (Å²) in [7, 11) is 0. The van der Waals surface area contributed by atoms with Crippen molar-refractivity contribution in [1.29, 1.82) is 0 Å². The first-order valence-corrected chi connectivity index (χ1v) is 5.00. The molecule has 0 atom stereocenters. The number of hydrogen-bond acceptors (Lipinski definition) is 2. The van der Waals surface area contributed by atoms with Gasteiger partial charge < -0.3 is 5.32 Å². The van der Waals surface area contributed by atoms with Crippen LogP contribution in [0.3, 0.4) is 0 Å².